The predicted molar refractivity (Wildman–Crippen MR) is 122 cm³/mol. The van der Waals surface area contributed by atoms with Crippen LogP contribution in [0.4, 0.5) is 0 Å². The molecule has 0 unspecified atom stereocenters. The summed E-state index contributed by atoms with van der Waals surface area (Å²) in [5, 5.41) is 10.9. The van der Waals surface area contributed by atoms with Crippen LogP contribution in [0.5, 0.6) is 0 Å². The Hall–Kier alpha value is -1.44. The van der Waals surface area contributed by atoms with Crippen LogP contribution in [0.25, 0.3) is 0 Å². The van der Waals surface area contributed by atoms with E-state index >= 15 is 0 Å². The second-order valence-electron chi connectivity index (χ2n) is 9.17. The van der Waals surface area contributed by atoms with E-state index in [1.54, 1.807) is 7.11 Å². The lowest BCUT2D eigenvalue weighted by molar-refractivity contribution is -0.135. The number of hydrogen-bond acceptors (Lipinski definition) is 5. The van der Waals surface area contributed by atoms with Crippen molar-refractivity contribution < 1.29 is 9.53 Å². The predicted octanol–water partition coefficient (Wildman–Crippen LogP) is 3.00. The lowest BCUT2D eigenvalue weighted by atomic mass is 9.82. The van der Waals surface area contributed by atoms with Crippen LogP contribution < -0.4 is 5.32 Å². The number of ether oxygens (including phenoxy) is 1. The number of carbonyl (C=O) groups is 1. The lowest BCUT2D eigenvalue weighted by Crippen LogP contribution is -2.43. The van der Waals surface area contributed by atoms with E-state index in [-0.39, 0.29) is 0 Å². The molecule has 2 N–H and O–H groups in total. The molecular weight excluding hydrogens is 378 g/mol. The maximum Gasteiger partial charge on any atom is 0.223 e. The van der Waals surface area contributed by atoms with E-state index in [4.69, 9.17) is 4.74 Å². The molecule has 0 aliphatic heterocycles. The monoisotopic (exact) mass is 421 g/mol. The molecule has 0 spiro atoms. The molecule has 0 bridgehead atoms. The molecule has 1 heterocycles. The van der Waals surface area contributed by atoms with E-state index in [0.717, 1.165) is 58.3 Å². The maximum absolute atomic E-state index is 12.9. The third kappa shape index (κ3) is 7.67. The topological polar surface area (TPSA) is 73.5 Å². The van der Waals surface area contributed by atoms with Gasteiger partial charge in [-0.3, -0.25) is 9.89 Å². The van der Waals surface area contributed by atoms with Crippen LogP contribution in [0.15, 0.2) is 6.20 Å². The van der Waals surface area contributed by atoms with Crippen molar-refractivity contribution in [3.8, 4) is 0 Å². The third-order valence-corrected chi connectivity index (χ3v) is 6.11. The summed E-state index contributed by atoms with van der Waals surface area (Å²) in [5.41, 5.74) is 2.54. The first kappa shape index (κ1) is 24.8. The Balaban J connectivity index is 1.95. The van der Waals surface area contributed by atoms with Gasteiger partial charge in [0.15, 0.2) is 0 Å². The number of hydrogen-bond donors (Lipinski definition) is 2. The number of carbonyl (C=O) groups excluding carboxylic acids is 1. The second-order valence-corrected chi connectivity index (χ2v) is 9.17. The molecule has 1 saturated carbocycles. The van der Waals surface area contributed by atoms with Crippen molar-refractivity contribution in [1.29, 1.82) is 0 Å². The number of aromatic amines is 1. The van der Waals surface area contributed by atoms with Gasteiger partial charge in [-0.05, 0) is 52.1 Å². The minimum absolute atomic E-state index is 0.302. The number of methoxy groups -OCH3 is 1. The minimum Gasteiger partial charge on any atom is -0.385 e. The summed E-state index contributed by atoms with van der Waals surface area (Å²) in [6.07, 6.45) is 7.91. The van der Waals surface area contributed by atoms with Crippen molar-refractivity contribution in [1.82, 2.24) is 25.3 Å². The molecule has 172 valence electrons. The Kier molecular flexibility index (Phi) is 10.8. The van der Waals surface area contributed by atoms with Crippen molar-refractivity contribution in [2.75, 3.05) is 47.4 Å². The van der Waals surface area contributed by atoms with E-state index in [0.29, 0.717) is 36.8 Å². The highest BCUT2D eigenvalue weighted by Gasteiger charge is 2.31. The zero-order chi connectivity index (χ0) is 21.9. The second kappa shape index (κ2) is 13.1. The number of aromatic nitrogens is 2. The van der Waals surface area contributed by atoms with Crippen molar-refractivity contribution >= 4 is 5.91 Å². The van der Waals surface area contributed by atoms with Gasteiger partial charge in [0.05, 0.1) is 5.69 Å². The fourth-order valence-electron chi connectivity index (χ4n) is 4.50. The first-order chi connectivity index (χ1) is 14.5. The van der Waals surface area contributed by atoms with Crippen LogP contribution in [0.1, 0.15) is 69.5 Å². The summed E-state index contributed by atoms with van der Waals surface area (Å²) in [4.78, 5) is 17.4. The lowest BCUT2D eigenvalue weighted by Gasteiger charge is -2.37. The largest absolute Gasteiger partial charge is 0.385 e. The smallest absolute Gasteiger partial charge is 0.223 e. The number of rotatable bonds is 13. The molecule has 1 amide bonds. The van der Waals surface area contributed by atoms with Crippen molar-refractivity contribution in [2.45, 2.75) is 70.9 Å². The number of amides is 1. The van der Waals surface area contributed by atoms with Gasteiger partial charge in [-0.1, -0.05) is 13.8 Å². The standard InChI is InChI=1S/C23H43N5O2/c1-18(2)15-22(29)28(12-6-14-30-5)21-9-7-19(8-10-21)23-20(16-25-26-23)17-27(4)13-11-24-3/h16,18-19,21,24H,6-15,17H2,1-5H3,(H,25,26)/t19-,21+. The quantitative estimate of drug-likeness (QED) is 0.479. The van der Waals surface area contributed by atoms with Gasteiger partial charge in [-0.15, -0.1) is 0 Å². The van der Waals surface area contributed by atoms with Gasteiger partial charge < -0.3 is 19.9 Å². The van der Waals surface area contributed by atoms with Crippen molar-refractivity contribution in [3.63, 3.8) is 0 Å². The fraction of sp³-hybridized carbons (Fsp3) is 0.826. The molecule has 7 heteroatoms. The third-order valence-electron chi connectivity index (χ3n) is 6.11. The Labute approximate surface area is 182 Å². The highest BCUT2D eigenvalue weighted by Crippen LogP contribution is 2.36. The summed E-state index contributed by atoms with van der Waals surface area (Å²) < 4.78 is 5.22. The van der Waals surface area contributed by atoms with Crippen LogP contribution in [0.2, 0.25) is 0 Å². The van der Waals surface area contributed by atoms with Crippen LogP contribution in [0.3, 0.4) is 0 Å². The Morgan fingerprint density at radius 1 is 1.30 bits per heavy atom. The van der Waals surface area contributed by atoms with Crippen molar-refractivity contribution in [2.24, 2.45) is 5.92 Å². The molecule has 30 heavy (non-hydrogen) atoms. The van der Waals surface area contributed by atoms with Crippen LogP contribution in [0, 0.1) is 5.92 Å². The molecule has 0 radical (unpaired) electrons. The summed E-state index contributed by atoms with van der Waals surface area (Å²) in [6, 6.07) is 0.352. The van der Waals surface area contributed by atoms with E-state index in [1.807, 2.05) is 7.05 Å². The molecule has 0 aromatic carbocycles. The van der Waals surface area contributed by atoms with Gasteiger partial charge in [0.25, 0.3) is 0 Å². The van der Waals surface area contributed by atoms with E-state index in [1.165, 1.54) is 11.3 Å². The molecule has 0 saturated heterocycles. The van der Waals surface area contributed by atoms with Crippen LogP contribution in [-0.2, 0) is 16.1 Å². The van der Waals surface area contributed by atoms with Gasteiger partial charge in [-0.2, -0.15) is 5.10 Å². The number of nitrogens with one attached hydrogen (secondary N) is 2. The van der Waals surface area contributed by atoms with Gasteiger partial charge in [0.2, 0.25) is 5.91 Å². The SMILES string of the molecule is CNCCN(C)Cc1c[nH]nc1[C@H]1CC[C@@H](N(CCCOC)C(=O)CC(C)C)CC1. The fourth-order valence-corrected chi connectivity index (χ4v) is 4.50. The maximum atomic E-state index is 12.9. The molecule has 1 fully saturated rings. The van der Waals surface area contributed by atoms with E-state index in [2.05, 4.69) is 52.4 Å². The average molecular weight is 422 g/mol. The summed E-state index contributed by atoms with van der Waals surface area (Å²) in [6.45, 7) is 8.67. The summed E-state index contributed by atoms with van der Waals surface area (Å²) in [5.74, 6) is 1.18. The van der Waals surface area contributed by atoms with Gasteiger partial charge in [0.1, 0.15) is 0 Å². The highest BCUT2D eigenvalue weighted by molar-refractivity contribution is 5.76. The molecular formula is C23H43N5O2. The van der Waals surface area contributed by atoms with E-state index < -0.39 is 0 Å². The Morgan fingerprint density at radius 3 is 2.67 bits per heavy atom. The Bertz CT molecular complexity index is 610. The zero-order valence-electron chi connectivity index (χ0n) is 19.7. The Morgan fingerprint density at radius 2 is 2.03 bits per heavy atom. The molecule has 1 aromatic heterocycles. The molecule has 1 aliphatic rings. The molecule has 7 nitrogen and oxygen atoms in total. The number of H-pyrrole nitrogens is 1. The number of likely N-dealkylation sites (N-methyl/N-ethyl adjacent to an activating group) is 2. The van der Waals surface area contributed by atoms with Gasteiger partial charge >= 0.3 is 0 Å². The summed E-state index contributed by atoms with van der Waals surface area (Å²) >= 11 is 0. The zero-order valence-corrected chi connectivity index (χ0v) is 19.7. The number of nitrogens with zero attached hydrogens (tertiary/aromatic N) is 3. The van der Waals surface area contributed by atoms with Crippen LogP contribution in [-0.4, -0.2) is 79.4 Å². The molecule has 1 aliphatic carbocycles. The normalized spacial score (nSPS) is 19.6. The summed E-state index contributed by atoms with van der Waals surface area (Å²) in [7, 11) is 5.87. The first-order valence-corrected chi connectivity index (χ1v) is 11.6. The van der Waals surface area contributed by atoms with Crippen LogP contribution >= 0.6 is 0 Å². The highest BCUT2D eigenvalue weighted by atomic mass is 16.5. The molecule has 0 atom stereocenters. The molecule has 1 aromatic rings. The minimum atomic E-state index is 0.302. The van der Waals surface area contributed by atoms with Gasteiger partial charge in [-0.25, -0.2) is 0 Å². The van der Waals surface area contributed by atoms with Gasteiger partial charge in [0, 0.05) is 70.0 Å². The average Bonchev–Trinajstić information content (AvgIpc) is 3.17. The van der Waals surface area contributed by atoms with E-state index in [9.17, 15) is 4.79 Å². The first-order valence-electron chi connectivity index (χ1n) is 11.6. The van der Waals surface area contributed by atoms with Crippen molar-refractivity contribution in [3.05, 3.63) is 17.5 Å². The molecule has 2 rings (SSSR count).